The van der Waals surface area contributed by atoms with Gasteiger partial charge in [0.05, 0.1) is 0 Å². The van der Waals surface area contributed by atoms with Crippen LogP contribution in [0.4, 0.5) is 15.4 Å². The zero-order valence-corrected chi connectivity index (χ0v) is 27.2. The van der Waals surface area contributed by atoms with Crippen molar-refractivity contribution >= 4 is 29.9 Å². The van der Waals surface area contributed by atoms with Crippen LogP contribution in [0.15, 0.2) is 66.7 Å². The van der Waals surface area contributed by atoms with Crippen molar-refractivity contribution < 1.29 is 33.8 Å². The molecule has 252 valence electrons. The Hall–Kier alpha value is -5.20. The van der Waals surface area contributed by atoms with Gasteiger partial charge in [-0.05, 0) is 18.4 Å². The van der Waals surface area contributed by atoms with Gasteiger partial charge < -0.3 is 34.6 Å². The van der Waals surface area contributed by atoms with Crippen molar-refractivity contribution in [2.75, 3.05) is 37.6 Å². The van der Waals surface area contributed by atoms with Crippen molar-refractivity contribution in [3.8, 4) is 11.4 Å². The fourth-order valence-corrected chi connectivity index (χ4v) is 6.54. The molecule has 2 aromatic carbocycles. The number of fused-ring (bicyclic) bond motifs is 1. The van der Waals surface area contributed by atoms with Gasteiger partial charge in [0.25, 0.3) is 5.91 Å². The lowest BCUT2D eigenvalue weighted by atomic mass is 10.0. The van der Waals surface area contributed by atoms with Crippen LogP contribution in [0, 0.1) is 17.8 Å². The summed E-state index contributed by atoms with van der Waals surface area (Å²) >= 11 is 0. The molecule has 0 radical (unpaired) electrons. The van der Waals surface area contributed by atoms with Gasteiger partial charge in [-0.15, -0.1) is 0 Å². The average molecular weight is 657 g/mol. The minimum absolute atomic E-state index is 0.0741. The number of carbonyl (C=O) groups excluding carboxylic acids is 3. The van der Waals surface area contributed by atoms with E-state index in [0.29, 0.717) is 44.4 Å². The van der Waals surface area contributed by atoms with E-state index in [2.05, 4.69) is 10.3 Å². The van der Waals surface area contributed by atoms with Crippen LogP contribution in [0.2, 0.25) is 0 Å². The second-order valence-electron chi connectivity index (χ2n) is 12.9. The molecule has 2 N–H and O–H groups in total. The summed E-state index contributed by atoms with van der Waals surface area (Å²) in [6.07, 6.45) is -2.03. The summed E-state index contributed by atoms with van der Waals surface area (Å²) < 4.78 is 10.5. The van der Waals surface area contributed by atoms with Crippen LogP contribution in [-0.2, 0) is 20.9 Å². The Morgan fingerprint density at radius 2 is 1.60 bits per heavy atom. The van der Waals surface area contributed by atoms with Crippen molar-refractivity contribution in [1.29, 1.82) is 0 Å². The number of nitrogens with zero attached hydrogens (tertiary/aromatic N) is 5. The van der Waals surface area contributed by atoms with Crippen molar-refractivity contribution in [2.45, 2.75) is 45.6 Å². The van der Waals surface area contributed by atoms with Crippen LogP contribution in [-0.4, -0.2) is 99.8 Å². The maximum absolute atomic E-state index is 13.8. The SMILES string of the molecule is CC(C)[C@H](NC(=O)c1cc(N2C[C@@H]3C(OC(=O)O)[C@@H]3C2)nc(-c2ccccc2)n1)C(=O)N1CCN(C(=O)OCc2ccccc2)[C@H](C)C1. The van der Waals surface area contributed by atoms with E-state index in [1.807, 2.05) is 86.3 Å². The minimum Gasteiger partial charge on any atom is -0.450 e. The highest BCUT2D eigenvalue weighted by Crippen LogP contribution is 2.48. The number of anilines is 1. The number of piperidine rings is 1. The highest BCUT2D eigenvalue weighted by molar-refractivity contribution is 5.97. The van der Waals surface area contributed by atoms with E-state index in [4.69, 9.17) is 19.6 Å². The first-order valence-corrected chi connectivity index (χ1v) is 16.2. The number of rotatable bonds is 9. The fraction of sp³-hybridized carbons (Fsp3) is 0.429. The molecule has 2 aliphatic heterocycles. The fourth-order valence-electron chi connectivity index (χ4n) is 6.54. The highest BCUT2D eigenvalue weighted by Gasteiger charge is 2.59. The molecule has 13 heteroatoms. The monoisotopic (exact) mass is 656 g/mol. The molecule has 13 nitrogen and oxygen atoms in total. The quantitative estimate of drug-likeness (QED) is 0.324. The van der Waals surface area contributed by atoms with E-state index in [9.17, 15) is 19.2 Å². The van der Waals surface area contributed by atoms with E-state index in [1.54, 1.807) is 15.9 Å². The van der Waals surface area contributed by atoms with Gasteiger partial charge in [-0.3, -0.25) is 9.59 Å². The lowest BCUT2D eigenvalue weighted by Crippen LogP contribution is -2.60. The molecule has 3 aliphatic rings. The molecule has 3 amide bonds. The molecular weight excluding hydrogens is 616 g/mol. The van der Waals surface area contributed by atoms with E-state index >= 15 is 0 Å². The first-order valence-electron chi connectivity index (χ1n) is 16.2. The van der Waals surface area contributed by atoms with Crippen LogP contribution in [0.3, 0.4) is 0 Å². The van der Waals surface area contributed by atoms with Crippen LogP contribution in [0.5, 0.6) is 0 Å². The molecule has 6 rings (SSSR count). The zero-order valence-electron chi connectivity index (χ0n) is 27.2. The summed E-state index contributed by atoms with van der Waals surface area (Å²) in [6, 6.07) is 19.3. The first-order chi connectivity index (χ1) is 23.1. The Balaban J connectivity index is 1.13. The number of amides is 3. The maximum Gasteiger partial charge on any atom is 0.506 e. The third-order valence-corrected chi connectivity index (χ3v) is 9.25. The smallest absolute Gasteiger partial charge is 0.450 e. The molecule has 0 bridgehead atoms. The molecule has 3 fully saturated rings. The lowest BCUT2D eigenvalue weighted by molar-refractivity contribution is -0.137. The van der Waals surface area contributed by atoms with Crippen LogP contribution >= 0.6 is 0 Å². The van der Waals surface area contributed by atoms with Gasteiger partial charge in [-0.25, -0.2) is 19.6 Å². The molecule has 1 aliphatic carbocycles. The zero-order chi connectivity index (χ0) is 33.9. The summed E-state index contributed by atoms with van der Waals surface area (Å²) in [7, 11) is 0. The molecule has 3 heterocycles. The van der Waals surface area contributed by atoms with Gasteiger partial charge in [-0.1, -0.05) is 74.5 Å². The molecule has 1 unspecified atom stereocenters. The summed E-state index contributed by atoms with van der Waals surface area (Å²) in [4.78, 5) is 66.1. The molecular formula is C35H40N6O7. The number of carbonyl (C=O) groups is 4. The number of carboxylic acid groups (broad SMARTS) is 1. The molecule has 1 aromatic heterocycles. The van der Waals surface area contributed by atoms with Crippen molar-refractivity contribution in [3.05, 3.63) is 78.0 Å². The Labute approximate surface area is 278 Å². The first kappa shape index (κ1) is 32.7. The highest BCUT2D eigenvalue weighted by atomic mass is 16.7. The number of ether oxygens (including phenoxy) is 2. The summed E-state index contributed by atoms with van der Waals surface area (Å²) in [5.41, 5.74) is 1.75. The number of benzene rings is 2. The Kier molecular flexibility index (Phi) is 9.47. The molecule has 2 saturated heterocycles. The third kappa shape index (κ3) is 7.19. The normalized spacial score (nSPS) is 22.1. The Morgan fingerprint density at radius 1 is 0.938 bits per heavy atom. The van der Waals surface area contributed by atoms with Crippen molar-refractivity contribution in [2.24, 2.45) is 17.8 Å². The van der Waals surface area contributed by atoms with E-state index in [0.717, 1.165) is 11.1 Å². The number of hydrogen-bond acceptors (Lipinski definition) is 9. The molecule has 48 heavy (non-hydrogen) atoms. The summed E-state index contributed by atoms with van der Waals surface area (Å²) in [5, 5.41) is 11.9. The molecule has 5 atom stereocenters. The third-order valence-electron chi connectivity index (χ3n) is 9.25. The predicted molar refractivity (Wildman–Crippen MR) is 175 cm³/mol. The number of nitrogens with one attached hydrogen (secondary N) is 1. The molecule has 1 saturated carbocycles. The standard InChI is InChI=1S/C35H40N6O7/c1-21(2)29(33(43)39-14-15-41(22(3)17-39)34(44)47-20-23-10-6-4-7-11-23)38-32(42)27-16-28(37-31(36-27)24-12-8-5-9-13-24)40-18-25-26(19-40)30(25)48-35(45)46/h4-13,16,21-22,25-26,29-30H,14-15,17-20H2,1-3H3,(H,38,42)(H,45,46)/t22-,25-,26+,29+,30?/m1/s1. The van der Waals surface area contributed by atoms with Crippen molar-refractivity contribution in [3.63, 3.8) is 0 Å². The second-order valence-corrected chi connectivity index (χ2v) is 12.9. The Bertz CT molecular complexity index is 1640. The van der Waals surface area contributed by atoms with Gasteiger partial charge in [0.2, 0.25) is 5.91 Å². The van der Waals surface area contributed by atoms with E-state index < -0.39 is 24.2 Å². The van der Waals surface area contributed by atoms with Crippen LogP contribution < -0.4 is 10.2 Å². The van der Waals surface area contributed by atoms with Gasteiger partial charge in [0.15, 0.2) is 5.82 Å². The predicted octanol–water partition coefficient (Wildman–Crippen LogP) is 3.90. The second kappa shape index (κ2) is 13.9. The van der Waals surface area contributed by atoms with Gasteiger partial charge in [0.1, 0.15) is 30.3 Å². The van der Waals surface area contributed by atoms with Crippen molar-refractivity contribution in [1.82, 2.24) is 25.1 Å². The van der Waals surface area contributed by atoms with E-state index in [-0.39, 0.29) is 48.1 Å². The largest absolute Gasteiger partial charge is 0.506 e. The minimum atomic E-state index is -1.28. The van der Waals surface area contributed by atoms with Gasteiger partial charge >= 0.3 is 12.2 Å². The van der Waals surface area contributed by atoms with Gasteiger partial charge in [0, 0.05) is 62.2 Å². The topological polar surface area (TPSA) is 154 Å². The average Bonchev–Trinajstić information content (AvgIpc) is 3.50. The van der Waals surface area contributed by atoms with E-state index in [1.165, 1.54) is 0 Å². The van der Waals surface area contributed by atoms with Gasteiger partial charge in [-0.2, -0.15) is 0 Å². The number of hydrogen-bond donors (Lipinski definition) is 2. The maximum atomic E-state index is 13.8. The van der Waals surface area contributed by atoms with Crippen LogP contribution in [0.25, 0.3) is 11.4 Å². The number of aromatic nitrogens is 2. The van der Waals surface area contributed by atoms with Crippen LogP contribution in [0.1, 0.15) is 36.8 Å². The summed E-state index contributed by atoms with van der Waals surface area (Å²) in [5.74, 6) is 0.104. The molecule has 0 spiro atoms. The lowest BCUT2D eigenvalue weighted by Gasteiger charge is -2.40. The summed E-state index contributed by atoms with van der Waals surface area (Å²) in [6.45, 7) is 7.80. The molecule has 3 aromatic rings. The number of piperazine rings is 1. The Morgan fingerprint density at radius 3 is 2.23 bits per heavy atom.